The zero-order valence-corrected chi connectivity index (χ0v) is 13.1. The Labute approximate surface area is 130 Å². The molecule has 0 aliphatic carbocycles. The predicted molar refractivity (Wildman–Crippen MR) is 87.9 cm³/mol. The molecule has 0 saturated heterocycles. The van der Waals surface area contributed by atoms with Crippen LogP contribution in [0.1, 0.15) is 29.4 Å². The minimum absolute atomic E-state index is 0.151. The van der Waals surface area contributed by atoms with Gasteiger partial charge in [0.15, 0.2) is 0 Å². The number of methoxy groups -OCH3 is 1. The monoisotopic (exact) mass is 299 g/mol. The summed E-state index contributed by atoms with van der Waals surface area (Å²) in [7, 11) is 1.63. The lowest BCUT2D eigenvalue weighted by Gasteiger charge is -2.12. The first kappa shape index (κ1) is 15.8. The molecule has 0 spiro atoms. The minimum atomic E-state index is -0.151. The topological polar surface area (TPSA) is 63.2 Å². The molecule has 2 N–H and O–H groups in total. The molecule has 1 aromatic carbocycles. The smallest absolute Gasteiger partial charge is 0.269 e. The number of amides is 1. The van der Waals surface area contributed by atoms with Crippen LogP contribution in [-0.2, 0) is 0 Å². The van der Waals surface area contributed by atoms with Crippen LogP contribution in [0.4, 0.5) is 11.4 Å². The number of benzene rings is 1. The molecule has 0 saturated carbocycles. The molecule has 2 aromatic rings. The number of ether oxygens (including phenoxy) is 1. The van der Waals surface area contributed by atoms with E-state index in [1.165, 1.54) is 0 Å². The van der Waals surface area contributed by atoms with Crippen molar-refractivity contribution in [2.45, 2.75) is 20.3 Å². The molecule has 0 atom stereocenters. The van der Waals surface area contributed by atoms with E-state index in [1.54, 1.807) is 19.4 Å². The van der Waals surface area contributed by atoms with Crippen LogP contribution in [0.15, 0.2) is 36.5 Å². The fraction of sp³-hybridized carbons (Fsp3) is 0.294. The summed E-state index contributed by atoms with van der Waals surface area (Å²) >= 11 is 0. The van der Waals surface area contributed by atoms with Gasteiger partial charge in [-0.2, -0.15) is 0 Å². The Kier molecular flexibility index (Phi) is 5.36. The first-order valence-corrected chi connectivity index (χ1v) is 7.30. The van der Waals surface area contributed by atoms with Crippen molar-refractivity contribution in [1.29, 1.82) is 0 Å². The zero-order chi connectivity index (χ0) is 15.9. The molecule has 1 amide bonds. The van der Waals surface area contributed by atoms with Gasteiger partial charge >= 0.3 is 0 Å². The van der Waals surface area contributed by atoms with Crippen molar-refractivity contribution in [2.24, 2.45) is 0 Å². The van der Waals surface area contributed by atoms with Gasteiger partial charge in [-0.25, -0.2) is 4.98 Å². The summed E-state index contributed by atoms with van der Waals surface area (Å²) in [5.41, 5.74) is 3.21. The molecule has 5 nitrogen and oxygen atoms in total. The van der Waals surface area contributed by atoms with Gasteiger partial charge < -0.3 is 15.4 Å². The van der Waals surface area contributed by atoms with Crippen LogP contribution < -0.4 is 15.4 Å². The third-order valence-electron chi connectivity index (χ3n) is 3.17. The molecular weight excluding hydrogens is 278 g/mol. The van der Waals surface area contributed by atoms with Crippen molar-refractivity contribution in [3.8, 4) is 5.75 Å². The fourth-order valence-electron chi connectivity index (χ4n) is 2.01. The van der Waals surface area contributed by atoms with Gasteiger partial charge in [0.05, 0.1) is 24.7 Å². The van der Waals surface area contributed by atoms with Crippen molar-refractivity contribution < 1.29 is 9.53 Å². The lowest BCUT2D eigenvalue weighted by atomic mass is 10.2. The molecule has 2 rings (SSSR count). The van der Waals surface area contributed by atoms with Crippen molar-refractivity contribution in [3.05, 3.63) is 47.8 Å². The van der Waals surface area contributed by atoms with Gasteiger partial charge in [-0.1, -0.05) is 13.0 Å². The molecule has 22 heavy (non-hydrogen) atoms. The van der Waals surface area contributed by atoms with Crippen LogP contribution >= 0.6 is 0 Å². The number of hydrogen-bond acceptors (Lipinski definition) is 4. The fourth-order valence-corrected chi connectivity index (χ4v) is 2.01. The lowest BCUT2D eigenvalue weighted by Crippen LogP contribution is -2.24. The van der Waals surface area contributed by atoms with Gasteiger partial charge in [0, 0.05) is 6.54 Å². The summed E-state index contributed by atoms with van der Waals surface area (Å²) in [5.74, 6) is 0.608. The summed E-state index contributed by atoms with van der Waals surface area (Å²) in [4.78, 5) is 16.0. The maximum Gasteiger partial charge on any atom is 0.269 e. The van der Waals surface area contributed by atoms with Crippen molar-refractivity contribution in [3.63, 3.8) is 0 Å². The number of aryl methyl sites for hydroxylation is 1. The van der Waals surface area contributed by atoms with Crippen molar-refractivity contribution >= 4 is 17.3 Å². The van der Waals surface area contributed by atoms with Gasteiger partial charge in [0.2, 0.25) is 0 Å². The van der Waals surface area contributed by atoms with E-state index in [0.717, 1.165) is 29.1 Å². The largest absolute Gasteiger partial charge is 0.495 e. The molecule has 1 heterocycles. The Hall–Kier alpha value is -2.56. The van der Waals surface area contributed by atoms with E-state index in [1.807, 2.05) is 38.1 Å². The Bertz CT molecular complexity index is 639. The van der Waals surface area contributed by atoms with Crippen LogP contribution in [0.5, 0.6) is 5.75 Å². The molecule has 0 unspecified atom stereocenters. The number of nitrogens with zero attached hydrogens (tertiary/aromatic N) is 1. The Morgan fingerprint density at radius 1 is 1.27 bits per heavy atom. The molecule has 0 radical (unpaired) electrons. The SMILES string of the molecule is CCCNC(=O)c1ccc(Nc2cc(C)ccc2OC)cn1. The highest BCUT2D eigenvalue weighted by Crippen LogP contribution is 2.28. The quantitative estimate of drug-likeness (QED) is 0.859. The lowest BCUT2D eigenvalue weighted by molar-refractivity contribution is 0.0949. The molecule has 0 bridgehead atoms. The second-order valence-electron chi connectivity index (χ2n) is 5.02. The van der Waals surface area contributed by atoms with Crippen LogP contribution in [0.25, 0.3) is 0 Å². The minimum Gasteiger partial charge on any atom is -0.495 e. The summed E-state index contributed by atoms with van der Waals surface area (Å²) in [5, 5.41) is 6.06. The number of anilines is 2. The maximum absolute atomic E-state index is 11.8. The zero-order valence-electron chi connectivity index (χ0n) is 13.1. The number of carbonyl (C=O) groups is 1. The molecule has 0 aliphatic heterocycles. The summed E-state index contributed by atoms with van der Waals surface area (Å²) in [6, 6.07) is 9.44. The van der Waals surface area contributed by atoms with Crippen molar-refractivity contribution in [2.75, 3.05) is 19.0 Å². The summed E-state index contributed by atoms with van der Waals surface area (Å²) in [6.07, 6.45) is 2.54. The van der Waals surface area contributed by atoms with Gasteiger partial charge in [-0.3, -0.25) is 4.79 Å². The number of carbonyl (C=O) groups excluding carboxylic acids is 1. The van der Waals surface area contributed by atoms with Crippen molar-refractivity contribution in [1.82, 2.24) is 10.3 Å². The summed E-state index contributed by atoms with van der Waals surface area (Å²) < 4.78 is 5.33. The molecular formula is C17H21N3O2. The number of pyridine rings is 1. The van der Waals surface area contributed by atoms with Crippen LogP contribution in [0, 0.1) is 6.92 Å². The molecule has 1 aromatic heterocycles. The Morgan fingerprint density at radius 2 is 2.09 bits per heavy atom. The predicted octanol–water partition coefficient (Wildman–Crippen LogP) is 3.28. The Morgan fingerprint density at radius 3 is 2.73 bits per heavy atom. The standard InChI is InChI=1S/C17H21N3O2/c1-4-9-18-17(21)14-7-6-13(11-19-14)20-15-10-12(2)5-8-16(15)22-3/h5-8,10-11,20H,4,9H2,1-3H3,(H,18,21). The van der Waals surface area contributed by atoms with E-state index < -0.39 is 0 Å². The van der Waals surface area contributed by atoms with Crippen LogP contribution in [0.2, 0.25) is 0 Å². The summed E-state index contributed by atoms with van der Waals surface area (Å²) in [6.45, 7) is 4.68. The van der Waals surface area contributed by atoms with E-state index in [0.29, 0.717) is 12.2 Å². The normalized spacial score (nSPS) is 10.1. The van der Waals surface area contributed by atoms with Crippen LogP contribution in [0.3, 0.4) is 0 Å². The average molecular weight is 299 g/mol. The van der Waals surface area contributed by atoms with Gasteiger partial charge in [-0.05, 0) is 43.2 Å². The Balaban J connectivity index is 2.11. The first-order valence-electron chi connectivity index (χ1n) is 7.30. The highest BCUT2D eigenvalue weighted by atomic mass is 16.5. The van der Waals surface area contributed by atoms with Gasteiger partial charge in [0.1, 0.15) is 11.4 Å². The van der Waals surface area contributed by atoms with E-state index in [4.69, 9.17) is 4.74 Å². The third-order valence-corrected chi connectivity index (χ3v) is 3.17. The van der Waals surface area contributed by atoms with E-state index in [9.17, 15) is 4.79 Å². The molecule has 0 fully saturated rings. The van der Waals surface area contributed by atoms with E-state index in [-0.39, 0.29) is 5.91 Å². The third kappa shape index (κ3) is 3.97. The number of aromatic nitrogens is 1. The number of rotatable bonds is 6. The van der Waals surface area contributed by atoms with Crippen LogP contribution in [-0.4, -0.2) is 24.5 Å². The second kappa shape index (κ2) is 7.45. The highest BCUT2D eigenvalue weighted by molar-refractivity contribution is 5.92. The molecule has 116 valence electrons. The van der Waals surface area contributed by atoms with Gasteiger partial charge in [0.25, 0.3) is 5.91 Å². The van der Waals surface area contributed by atoms with E-state index >= 15 is 0 Å². The van der Waals surface area contributed by atoms with E-state index in [2.05, 4.69) is 15.6 Å². The highest BCUT2D eigenvalue weighted by Gasteiger charge is 2.07. The average Bonchev–Trinajstić information content (AvgIpc) is 2.53. The number of nitrogens with one attached hydrogen (secondary N) is 2. The van der Waals surface area contributed by atoms with Gasteiger partial charge in [-0.15, -0.1) is 0 Å². The second-order valence-corrected chi connectivity index (χ2v) is 5.02. The molecule has 5 heteroatoms. The first-order chi connectivity index (χ1) is 10.6. The molecule has 0 aliphatic rings. The maximum atomic E-state index is 11.8. The number of hydrogen-bond donors (Lipinski definition) is 2.